The van der Waals surface area contributed by atoms with Crippen LogP contribution in [0.1, 0.15) is 12.6 Å². The molecule has 0 saturated heterocycles. The van der Waals surface area contributed by atoms with Crippen LogP contribution in [0, 0.1) is 0 Å². The van der Waals surface area contributed by atoms with Crippen LogP contribution in [0.15, 0.2) is 43.1 Å². The lowest BCUT2D eigenvalue weighted by Crippen LogP contribution is -2.23. The first-order chi connectivity index (χ1) is 11.0. The van der Waals surface area contributed by atoms with Crippen LogP contribution >= 0.6 is 11.6 Å². The normalized spacial score (nSPS) is 10.2. The molecule has 0 atom stereocenters. The second-order valence-electron chi connectivity index (χ2n) is 4.74. The smallest absolute Gasteiger partial charge is 0.325 e. The molecule has 0 aliphatic heterocycles. The fourth-order valence-corrected chi connectivity index (χ4v) is 2.18. The van der Waals surface area contributed by atoms with Gasteiger partial charge >= 0.3 is 5.97 Å². The third kappa shape index (κ3) is 4.47. The number of halogens is 1. The number of nitrogens with zero attached hydrogens (tertiary/aromatic N) is 1. The van der Waals surface area contributed by atoms with Crippen molar-refractivity contribution in [1.29, 1.82) is 0 Å². The van der Waals surface area contributed by atoms with Gasteiger partial charge in [0.25, 0.3) is 0 Å². The molecule has 2 aromatic rings. The first kappa shape index (κ1) is 16.8. The molecule has 0 fully saturated rings. The van der Waals surface area contributed by atoms with Crippen molar-refractivity contribution < 1.29 is 14.6 Å². The maximum absolute atomic E-state index is 11.3. The molecule has 0 bridgehead atoms. The average Bonchev–Trinajstić information content (AvgIpc) is 2.53. The number of esters is 1. The van der Waals surface area contributed by atoms with Crippen LogP contribution in [0.5, 0.6) is 5.75 Å². The highest BCUT2D eigenvalue weighted by molar-refractivity contribution is 6.30. The van der Waals surface area contributed by atoms with Crippen molar-refractivity contribution >= 4 is 23.3 Å². The highest BCUT2D eigenvalue weighted by Crippen LogP contribution is 2.28. The summed E-state index contributed by atoms with van der Waals surface area (Å²) in [6.45, 7) is 5.78. The van der Waals surface area contributed by atoms with Gasteiger partial charge in [-0.3, -0.25) is 9.78 Å². The number of pyridine rings is 1. The Labute approximate surface area is 139 Å². The number of carbonyl (C=O) groups is 1. The first-order valence-electron chi connectivity index (χ1n) is 7.05. The van der Waals surface area contributed by atoms with E-state index in [2.05, 4.69) is 16.9 Å². The van der Waals surface area contributed by atoms with Crippen LogP contribution in [0.4, 0.5) is 0 Å². The van der Waals surface area contributed by atoms with Crippen LogP contribution in [-0.4, -0.2) is 29.2 Å². The van der Waals surface area contributed by atoms with Gasteiger partial charge in [-0.1, -0.05) is 30.3 Å². The Morgan fingerprint density at radius 3 is 2.83 bits per heavy atom. The Kier molecular flexibility index (Phi) is 5.60. The number of hydrogen-bond acceptors (Lipinski definition) is 5. The molecule has 120 valence electrons. The quantitative estimate of drug-likeness (QED) is 0.795. The van der Waals surface area contributed by atoms with Crippen molar-refractivity contribution in [3.8, 4) is 16.9 Å². The van der Waals surface area contributed by atoms with Gasteiger partial charge in [-0.05, 0) is 30.7 Å². The molecule has 2 N–H and O–H groups in total. The van der Waals surface area contributed by atoms with Gasteiger partial charge in [0, 0.05) is 16.8 Å². The van der Waals surface area contributed by atoms with Gasteiger partial charge in [0.1, 0.15) is 18.0 Å². The molecule has 0 spiro atoms. The molecule has 5 nitrogen and oxygen atoms in total. The van der Waals surface area contributed by atoms with Crippen LogP contribution in [-0.2, 0) is 9.53 Å². The van der Waals surface area contributed by atoms with E-state index in [0.29, 0.717) is 17.3 Å². The molecule has 1 heterocycles. The number of benzene rings is 1. The van der Waals surface area contributed by atoms with E-state index < -0.39 is 5.97 Å². The first-order valence-corrected chi connectivity index (χ1v) is 7.42. The molecule has 0 aliphatic carbocycles. The van der Waals surface area contributed by atoms with E-state index in [0.717, 1.165) is 11.1 Å². The van der Waals surface area contributed by atoms with Crippen LogP contribution in [0.2, 0.25) is 5.02 Å². The summed E-state index contributed by atoms with van der Waals surface area (Å²) < 4.78 is 4.81. The van der Waals surface area contributed by atoms with Gasteiger partial charge in [0.2, 0.25) is 0 Å². The summed E-state index contributed by atoms with van der Waals surface area (Å²) in [7, 11) is 0. The zero-order valence-corrected chi connectivity index (χ0v) is 13.4. The molecule has 2 rings (SSSR count). The van der Waals surface area contributed by atoms with Gasteiger partial charge in [0.05, 0.1) is 12.3 Å². The van der Waals surface area contributed by atoms with Crippen molar-refractivity contribution in [2.75, 3.05) is 13.2 Å². The summed E-state index contributed by atoms with van der Waals surface area (Å²) in [5.74, 6) is -0.437. The number of rotatable bonds is 6. The minimum atomic E-state index is -0.399. The molecule has 6 heteroatoms. The van der Waals surface area contributed by atoms with Gasteiger partial charge in [0.15, 0.2) is 0 Å². The van der Waals surface area contributed by atoms with Gasteiger partial charge in [-0.2, -0.15) is 0 Å². The second-order valence-corrected chi connectivity index (χ2v) is 5.18. The highest BCUT2D eigenvalue weighted by atomic mass is 35.5. The number of carbonyl (C=O) groups excluding carboxylic acids is 1. The number of aromatic nitrogens is 1. The largest absolute Gasteiger partial charge is 0.506 e. The van der Waals surface area contributed by atoms with Crippen LogP contribution in [0.3, 0.4) is 0 Å². The Balaban J connectivity index is 2.13. The fraction of sp³-hybridized carbons (Fsp3) is 0.176. The summed E-state index contributed by atoms with van der Waals surface area (Å²) in [6, 6.07) is 8.82. The molecular formula is C17H17ClN2O3. The van der Waals surface area contributed by atoms with Crippen molar-refractivity contribution in [1.82, 2.24) is 10.3 Å². The maximum atomic E-state index is 11.3. The fourth-order valence-electron chi connectivity index (χ4n) is 1.99. The number of ether oxygens (including phenoxy) is 1. The second kappa shape index (κ2) is 7.65. The van der Waals surface area contributed by atoms with E-state index in [1.165, 1.54) is 0 Å². The molecule has 0 unspecified atom stereocenters. The SMILES string of the molecule is C=C(NCC(=O)OCC)c1ncc(-c2cccc(Cl)c2)cc1O. The monoisotopic (exact) mass is 332 g/mol. The predicted octanol–water partition coefficient (Wildman–Crippen LogP) is 3.23. The molecule has 1 aromatic heterocycles. The van der Waals surface area contributed by atoms with E-state index in [1.54, 1.807) is 31.3 Å². The van der Waals surface area contributed by atoms with Crippen molar-refractivity contribution in [3.05, 3.63) is 53.8 Å². The topological polar surface area (TPSA) is 71.5 Å². The summed E-state index contributed by atoms with van der Waals surface area (Å²) in [4.78, 5) is 15.5. The molecule has 23 heavy (non-hydrogen) atoms. The molecule has 1 aromatic carbocycles. The van der Waals surface area contributed by atoms with E-state index >= 15 is 0 Å². The summed E-state index contributed by atoms with van der Waals surface area (Å²) in [5, 5.41) is 13.5. The van der Waals surface area contributed by atoms with Crippen molar-refractivity contribution in [2.24, 2.45) is 0 Å². The Morgan fingerprint density at radius 2 is 2.17 bits per heavy atom. The van der Waals surface area contributed by atoms with Crippen LogP contribution < -0.4 is 5.32 Å². The lowest BCUT2D eigenvalue weighted by Gasteiger charge is -2.11. The molecular weight excluding hydrogens is 316 g/mol. The minimum absolute atomic E-state index is 0.0379. The third-order valence-electron chi connectivity index (χ3n) is 3.06. The molecule has 0 radical (unpaired) electrons. The minimum Gasteiger partial charge on any atom is -0.506 e. The lowest BCUT2D eigenvalue weighted by molar-refractivity contribution is -0.141. The summed E-state index contributed by atoms with van der Waals surface area (Å²) in [6.07, 6.45) is 1.61. The lowest BCUT2D eigenvalue weighted by atomic mass is 10.1. The average molecular weight is 333 g/mol. The number of aromatic hydroxyl groups is 1. The summed E-state index contributed by atoms with van der Waals surface area (Å²) >= 11 is 5.96. The van der Waals surface area contributed by atoms with E-state index in [9.17, 15) is 9.90 Å². The van der Waals surface area contributed by atoms with Crippen molar-refractivity contribution in [3.63, 3.8) is 0 Å². The molecule has 0 aliphatic rings. The van der Waals surface area contributed by atoms with Crippen LogP contribution in [0.25, 0.3) is 16.8 Å². The van der Waals surface area contributed by atoms with Gasteiger partial charge in [-0.25, -0.2) is 0 Å². The van der Waals surface area contributed by atoms with E-state index in [-0.39, 0.29) is 18.0 Å². The van der Waals surface area contributed by atoms with E-state index in [1.807, 2.05) is 12.1 Å². The molecule has 0 amide bonds. The Bertz CT molecular complexity index is 732. The van der Waals surface area contributed by atoms with E-state index in [4.69, 9.17) is 16.3 Å². The molecule has 0 saturated carbocycles. The predicted molar refractivity (Wildman–Crippen MR) is 90.0 cm³/mol. The zero-order chi connectivity index (χ0) is 16.8. The Hall–Kier alpha value is -2.53. The standard InChI is InChI=1S/C17H17ClN2O3/c1-3-23-16(22)10-19-11(2)17-15(21)8-13(9-20-17)12-5-4-6-14(18)7-12/h4-9,19,21H,2-3,10H2,1H3. The van der Waals surface area contributed by atoms with Gasteiger partial charge < -0.3 is 15.2 Å². The van der Waals surface area contributed by atoms with Crippen molar-refractivity contribution in [2.45, 2.75) is 6.92 Å². The maximum Gasteiger partial charge on any atom is 0.325 e. The Morgan fingerprint density at radius 1 is 1.39 bits per heavy atom. The number of nitrogens with one attached hydrogen (secondary N) is 1. The third-order valence-corrected chi connectivity index (χ3v) is 3.30. The number of hydrogen-bond donors (Lipinski definition) is 2. The zero-order valence-electron chi connectivity index (χ0n) is 12.7. The highest BCUT2D eigenvalue weighted by Gasteiger charge is 2.11. The van der Waals surface area contributed by atoms with Gasteiger partial charge in [-0.15, -0.1) is 0 Å². The summed E-state index contributed by atoms with van der Waals surface area (Å²) in [5.41, 5.74) is 2.19.